The minimum Gasteiger partial charge on any atom is -0.205 e. The smallest absolute Gasteiger partial charge is 0.205 e. The first-order valence-corrected chi connectivity index (χ1v) is 5.16. The van der Waals surface area contributed by atoms with Crippen molar-refractivity contribution in [1.82, 2.24) is 0 Å². The molecule has 0 bridgehead atoms. The molecule has 0 aliphatic carbocycles. The van der Waals surface area contributed by atoms with Crippen molar-refractivity contribution >= 4 is 22.6 Å². The lowest BCUT2D eigenvalue weighted by molar-refractivity contribution is 0.150. The molecule has 0 unspecified atom stereocenters. The van der Waals surface area contributed by atoms with Gasteiger partial charge >= 0.3 is 0 Å². The fraction of sp³-hybridized carbons (Fsp3) is 0.300. The average molecular weight is 307 g/mol. The zero-order chi connectivity index (χ0) is 10.6. The maximum Gasteiger partial charge on any atom is 0.264 e. The molecule has 0 atom stereocenters. The van der Waals surface area contributed by atoms with Gasteiger partial charge in [-0.15, -0.1) is 0 Å². The second-order valence-corrected chi connectivity index (χ2v) is 3.98. The summed E-state index contributed by atoms with van der Waals surface area (Å²) in [6, 6.07) is 6.81. The van der Waals surface area contributed by atoms with E-state index >= 15 is 0 Å². The lowest BCUT2D eigenvalue weighted by Gasteiger charge is -2.05. The lowest BCUT2D eigenvalue weighted by Crippen LogP contribution is -1.92. The molecule has 0 heterocycles. The molecule has 0 spiro atoms. The van der Waals surface area contributed by atoms with E-state index in [0.717, 1.165) is 5.56 Å². The summed E-state index contributed by atoms with van der Waals surface area (Å²) in [4.78, 5) is 0. The Labute approximate surface area is 94.9 Å². The number of aryl methyl sites for hydroxylation is 1. The zero-order valence-electron chi connectivity index (χ0n) is 7.30. The summed E-state index contributed by atoms with van der Waals surface area (Å²) >= 11 is 1.89. The predicted octanol–water partition coefficient (Wildman–Crippen LogP) is 3.68. The van der Waals surface area contributed by atoms with Crippen LogP contribution in [0.2, 0.25) is 0 Å². The molecular weight excluding hydrogens is 299 g/mol. The summed E-state index contributed by atoms with van der Waals surface area (Å²) in [5.41, 5.74) is 0.992. The molecule has 0 amide bonds. The summed E-state index contributed by atoms with van der Waals surface area (Å²) in [7, 11) is 0. The molecule has 0 aliphatic rings. The van der Waals surface area contributed by atoms with Crippen LogP contribution < -0.4 is 0 Å². The largest absolute Gasteiger partial charge is 0.264 e. The number of hydrogen-bond acceptors (Lipinski definition) is 1. The minimum absolute atomic E-state index is 0.0614. The van der Waals surface area contributed by atoms with Crippen molar-refractivity contribution in [2.24, 2.45) is 0 Å². The van der Waals surface area contributed by atoms with Crippen LogP contribution in [0.1, 0.15) is 24.0 Å². The highest BCUT2D eigenvalue weighted by Gasteiger charge is 2.11. The van der Waals surface area contributed by atoms with Crippen LogP contribution >= 0.6 is 22.6 Å². The van der Waals surface area contributed by atoms with Crippen LogP contribution in [0.5, 0.6) is 0 Å². The van der Waals surface area contributed by atoms with E-state index in [0.29, 0.717) is 16.4 Å². The van der Waals surface area contributed by atoms with Crippen LogP contribution in [0.3, 0.4) is 0 Å². The number of nitrogens with zero attached hydrogens (tertiary/aromatic N) is 1. The molecule has 0 fully saturated rings. The van der Waals surface area contributed by atoms with E-state index in [1.807, 2.05) is 28.7 Å². The van der Waals surface area contributed by atoms with Gasteiger partial charge in [-0.05, 0) is 40.6 Å². The first-order valence-electron chi connectivity index (χ1n) is 4.08. The Morgan fingerprint density at radius 1 is 1.43 bits per heavy atom. The Morgan fingerprint density at radius 2 is 2.14 bits per heavy atom. The summed E-state index contributed by atoms with van der Waals surface area (Å²) in [6.45, 7) is 0. The normalized spacial score (nSPS) is 10.2. The maximum atomic E-state index is 12.4. The first-order chi connectivity index (χ1) is 6.65. The van der Waals surface area contributed by atoms with Gasteiger partial charge in [0.25, 0.3) is 6.43 Å². The van der Waals surface area contributed by atoms with Gasteiger partial charge in [-0.1, -0.05) is 12.1 Å². The molecule has 4 heteroatoms. The Kier molecular flexibility index (Phi) is 4.26. The van der Waals surface area contributed by atoms with Gasteiger partial charge in [-0.2, -0.15) is 5.26 Å². The van der Waals surface area contributed by atoms with Crippen LogP contribution in [0, 0.1) is 14.9 Å². The van der Waals surface area contributed by atoms with E-state index < -0.39 is 6.43 Å². The molecule has 0 aromatic heterocycles. The number of hydrogen-bond donors (Lipinski definition) is 0. The summed E-state index contributed by atoms with van der Waals surface area (Å²) in [5.74, 6) is 0. The van der Waals surface area contributed by atoms with Crippen molar-refractivity contribution in [2.75, 3.05) is 0 Å². The van der Waals surface area contributed by atoms with Gasteiger partial charge in [0.1, 0.15) is 0 Å². The topological polar surface area (TPSA) is 23.8 Å². The second kappa shape index (κ2) is 5.25. The molecule has 0 radical (unpaired) electrons. The zero-order valence-corrected chi connectivity index (χ0v) is 9.46. The van der Waals surface area contributed by atoms with Crippen LogP contribution in [0.15, 0.2) is 18.2 Å². The van der Waals surface area contributed by atoms with Crippen molar-refractivity contribution < 1.29 is 8.78 Å². The van der Waals surface area contributed by atoms with Crippen molar-refractivity contribution in [3.63, 3.8) is 0 Å². The highest BCUT2D eigenvalue weighted by atomic mass is 127. The maximum absolute atomic E-state index is 12.4. The van der Waals surface area contributed by atoms with Crippen molar-refractivity contribution in [2.45, 2.75) is 19.3 Å². The Bertz CT molecular complexity index is 358. The minimum atomic E-state index is -2.42. The van der Waals surface area contributed by atoms with Gasteiger partial charge in [0, 0.05) is 15.6 Å². The number of nitriles is 1. The van der Waals surface area contributed by atoms with Gasteiger partial charge in [0.2, 0.25) is 0 Å². The third kappa shape index (κ3) is 2.91. The highest BCUT2D eigenvalue weighted by molar-refractivity contribution is 14.1. The van der Waals surface area contributed by atoms with Gasteiger partial charge in [0.15, 0.2) is 0 Å². The lowest BCUT2D eigenvalue weighted by atomic mass is 10.1. The number of rotatable bonds is 3. The average Bonchev–Trinajstić information content (AvgIpc) is 2.14. The van der Waals surface area contributed by atoms with Crippen LogP contribution in [0.4, 0.5) is 8.78 Å². The Morgan fingerprint density at radius 3 is 2.64 bits per heavy atom. The SMILES string of the molecule is N#CCCc1ccc(C(F)F)c(I)c1. The fourth-order valence-corrected chi connectivity index (χ4v) is 1.92. The summed E-state index contributed by atoms with van der Waals surface area (Å²) in [6.07, 6.45) is -1.38. The number of alkyl halides is 2. The standard InChI is InChI=1S/C10H8F2IN/c11-10(12)8-4-3-7(2-1-5-14)6-9(8)13/h3-4,6,10H,1-2H2. The van der Waals surface area contributed by atoms with E-state index in [1.165, 1.54) is 6.07 Å². The number of benzene rings is 1. The molecule has 0 saturated carbocycles. The third-order valence-electron chi connectivity index (χ3n) is 1.83. The molecule has 0 aliphatic heterocycles. The molecule has 1 aromatic rings. The van der Waals surface area contributed by atoms with E-state index in [4.69, 9.17) is 5.26 Å². The van der Waals surface area contributed by atoms with Crippen molar-refractivity contribution in [3.05, 3.63) is 32.9 Å². The Balaban J connectivity index is 2.85. The van der Waals surface area contributed by atoms with Crippen molar-refractivity contribution in [3.8, 4) is 6.07 Å². The van der Waals surface area contributed by atoms with Crippen LogP contribution in [0.25, 0.3) is 0 Å². The van der Waals surface area contributed by atoms with E-state index in [9.17, 15) is 8.78 Å². The van der Waals surface area contributed by atoms with Crippen LogP contribution in [-0.4, -0.2) is 0 Å². The first kappa shape index (κ1) is 11.4. The monoisotopic (exact) mass is 307 g/mol. The van der Waals surface area contributed by atoms with Gasteiger partial charge in [0.05, 0.1) is 6.07 Å². The molecule has 0 saturated heterocycles. The Hall–Kier alpha value is -0.700. The van der Waals surface area contributed by atoms with E-state index in [1.54, 1.807) is 12.1 Å². The molecule has 1 aromatic carbocycles. The second-order valence-electron chi connectivity index (χ2n) is 2.81. The molecule has 1 nitrogen and oxygen atoms in total. The predicted molar refractivity (Wildman–Crippen MR) is 58.1 cm³/mol. The highest BCUT2D eigenvalue weighted by Crippen LogP contribution is 2.25. The van der Waals surface area contributed by atoms with Crippen LogP contribution in [-0.2, 0) is 6.42 Å². The molecular formula is C10H8F2IN. The molecule has 1 rings (SSSR count). The van der Waals surface area contributed by atoms with E-state index in [-0.39, 0.29) is 5.56 Å². The summed E-state index contributed by atoms with van der Waals surface area (Å²) < 4.78 is 25.3. The third-order valence-corrected chi connectivity index (χ3v) is 2.76. The van der Waals surface area contributed by atoms with E-state index in [2.05, 4.69) is 0 Å². The molecule has 74 valence electrons. The van der Waals surface area contributed by atoms with Gasteiger partial charge < -0.3 is 0 Å². The summed E-state index contributed by atoms with van der Waals surface area (Å²) in [5, 5.41) is 8.37. The molecule has 14 heavy (non-hydrogen) atoms. The molecule has 0 N–H and O–H groups in total. The fourth-order valence-electron chi connectivity index (χ4n) is 1.10. The quantitative estimate of drug-likeness (QED) is 0.781. The van der Waals surface area contributed by atoms with Gasteiger partial charge in [-0.25, -0.2) is 8.78 Å². The number of halogens is 3. The van der Waals surface area contributed by atoms with Crippen molar-refractivity contribution in [1.29, 1.82) is 5.26 Å². The van der Waals surface area contributed by atoms with Gasteiger partial charge in [-0.3, -0.25) is 0 Å².